The van der Waals surface area contributed by atoms with Gasteiger partial charge in [0.15, 0.2) is 0 Å². The van der Waals surface area contributed by atoms with Gasteiger partial charge in [-0.15, -0.1) is 0 Å². The Morgan fingerprint density at radius 2 is 2.42 bits per heavy atom. The zero-order valence-corrected chi connectivity index (χ0v) is 7.62. The summed E-state index contributed by atoms with van der Waals surface area (Å²) in [6.07, 6.45) is 0.427. The lowest BCUT2D eigenvalue weighted by Gasteiger charge is -2.43. The molecule has 1 heterocycles. The molecule has 0 radical (unpaired) electrons. The van der Waals surface area contributed by atoms with E-state index in [4.69, 9.17) is 10.5 Å². The summed E-state index contributed by atoms with van der Waals surface area (Å²) in [5.74, 6) is 0. The molecule has 1 fully saturated rings. The van der Waals surface area contributed by atoms with Gasteiger partial charge in [-0.25, -0.2) is 4.79 Å². The second-order valence-corrected chi connectivity index (χ2v) is 3.40. The maximum Gasteiger partial charge on any atom is 0.404 e. The van der Waals surface area contributed by atoms with Gasteiger partial charge < -0.3 is 10.5 Å². The zero-order valence-electron chi connectivity index (χ0n) is 7.62. The fourth-order valence-corrected chi connectivity index (χ4v) is 1.50. The first-order valence-corrected chi connectivity index (χ1v) is 4.29. The summed E-state index contributed by atoms with van der Waals surface area (Å²) in [7, 11) is 0. The van der Waals surface area contributed by atoms with E-state index in [1.165, 1.54) is 0 Å². The van der Waals surface area contributed by atoms with Crippen molar-refractivity contribution in [3.63, 3.8) is 0 Å². The largest absolute Gasteiger partial charge is 0.448 e. The number of primary amides is 1. The Morgan fingerprint density at radius 3 is 2.75 bits per heavy atom. The van der Waals surface area contributed by atoms with E-state index in [0.29, 0.717) is 18.7 Å². The van der Waals surface area contributed by atoms with Gasteiger partial charge in [0, 0.05) is 18.6 Å². The molecule has 0 spiro atoms. The van der Waals surface area contributed by atoms with Gasteiger partial charge in [-0.1, -0.05) is 0 Å². The van der Waals surface area contributed by atoms with E-state index in [-0.39, 0.29) is 0 Å². The third-order valence-electron chi connectivity index (χ3n) is 2.27. The van der Waals surface area contributed by atoms with Crippen molar-refractivity contribution in [1.29, 1.82) is 0 Å². The first kappa shape index (κ1) is 9.32. The molecule has 1 rings (SSSR count). The summed E-state index contributed by atoms with van der Waals surface area (Å²) in [5, 5.41) is 0. The minimum Gasteiger partial charge on any atom is -0.448 e. The normalized spacial score (nSPS) is 23.8. The van der Waals surface area contributed by atoms with E-state index in [1.54, 1.807) is 0 Å². The van der Waals surface area contributed by atoms with Crippen molar-refractivity contribution < 1.29 is 9.53 Å². The van der Waals surface area contributed by atoms with Crippen molar-refractivity contribution in [2.24, 2.45) is 5.73 Å². The predicted octanol–water partition coefficient (Wildman–Crippen LogP) is 0.564. The predicted molar refractivity (Wildman–Crippen MR) is 45.8 cm³/mol. The summed E-state index contributed by atoms with van der Waals surface area (Å²) < 4.78 is 4.72. The van der Waals surface area contributed by atoms with Crippen molar-refractivity contribution in [3.8, 4) is 0 Å². The van der Waals surface area contributed by atoms with Crippen molar-refractivity contribution in [1.82, 2.24) is 4.90 Å². The molecule has 1 amide bonds. The number of rotatable bonds is 3. The van der Waals surface area contributed by atoms with Crippen LogP contribution in [0.4, 0.5) is 4.79 Å². The Kier molecular flexibility index (Phi) is 2.92. The Morgan fingerprint density at radius 1 is 1.75 bits per heavy atom. The Balaban J connectivity index is 2.21. The third kappa shape index (κ3) is 2.11. The number of likely N-dealkylation sites (tertiary alicyclic amines) is 1. The average Bonchev–Trinajstić information content (AvgIpc) is 1.82. The molecule has 1 aliphatic rings. The minimum atomic E-state index is -0.675. The highest BCUT2D eigenvalue weighted by atomic mass is 16.5. The summed E-state index contributed by atoms with van der Waals surface area (Å²) in [6.45, 7) is 5.81. The molecule has 0 aromatic rings. The quantitative estimate of drug-likeness (QED) is 0.677. The van der Waals surface area contributed by atoms with E-state index < -0.39 is 6.09 Å². The Bertz CT molecular complexity index is 170. The van der Waals surface area contributed by atoms with Gasteiger partial charge in [0.25, 0.3) is 0 Å². The van der Waals surface area contributed by atoms with Crippen LogP contribution >= 0.6 is 0 Å². The van der Waals surface area contributed by atoms with Crippen molar-refractivity contribution in [3.05, 3.63) is 0 Å². The zero-order chi connectivity index (χ0) is 9.14. The van der Waals surface area contributed by atoms with Crippen LogP contribution in [-0.2, 0) is 4.74 Å². The van der Waals surface area contributed by atoms with Crippen LogP contribution < -0.4 is 5.73 Å². The molecule has 0 aromatic carbocycles. The molecule has 1 unspecified atom stereocenters. The van der Waals surface area contributed by atoms with E-state index in [9.17, 15) is 4.79 Å². The second kappa shape index (κ2) is 3.76. The Hall–Kier alpha value is -0.770. The van der Waals surface area contributed by atoms with E-state index in [1.807, 2.05) is 0 Å². The summed E-state index contributed by atoms with van der Waals surface area (Å²) >= 11 is 0. The van der Waals surface area contributed by atoms with Crippen molar-refractivity contribution in [2.45, 2.75) is 32.4 Å². The van der Waals surface area contributed by atoms with Crippen LogP contribution in [-0.4, -0.2) is 36.2 Å². The number of hydrogen-bond acceptors (Lipinski definition) is 3. The molecule has 4 heteroatoms. The lowest BCUT2D eigenvalue weighted by atomic mass is 10.0. The number of nitrogens with two attached hydrogens (primary N) is 1. The van der Waals surface area contributed by atoms with Crippen LogP contribution in [0, 0.1) is 0 Å². The van der Waals surface area contributed by atoms with Gasteiger partial charge in [0.2, 0.25) is 0 Å². The van der Waals surface area contributed by atoms with Crippen LogP contribution in [0.5, 0.6) is 0 Å². The smallest absolute Gasteiger partial charge is 0.404 e. The van der Waals surface area contributed by atoms with Crippen LogP contribution in [0.1, 0.15) is 20.3 Å². The van der Waals surface area contributed by atoms with Crippen LogP contribution in [0.15, 0.2) is 0 Å². The highest BCUT2D eigenvalue weighted by molar-refractivity contribution is 5.64. The Labute approximate surface area is 72.7 Å². The molecule has 0 aliphatic carbocycles. The van der Waals surface area contributed by atoms with Gasteiger partial charge in [-0.05, 0) is 20.3 Å². The van der Waals surface area contributed by atoms with Gasteiger partial charge >= 0.3 is 6.09 Å². The van der Waals surface area contributed by atoms with E-state index in [2.05, 4.69) is 18.7 Å². The van der Waals surface area contributed by atoms with E-state index >= 15 is 0 Å². The lowest BCUT2D eigenvalue weighted by molar-refractivity contribution is 0.0108. The molecule has 1 aliphatic heterocycles. The molecule has 0 saturated carbocycles. The number of carbonyl (C=O) groups excluding carboxylic acids is 1. The van der Waals surface area contributed by atoms with Crippen LogP contribution in [0.2, 0.25) is 0 Å². The number of amides is 1. The van der Waals surface area contributed by atoms with Crippen molar-refractivity contribution >= 4 is 6.09 Å². The maximum atomic E-state index is 10.3. The fraction of sp³-hybridized carbons (Fsp3) is 0.875. The SMILES string of the molecule is CC(C)N1CCC1COC(N)=O. The van der Waals surface area contributed by atoms with Gasteiger partial charge in [-0.2, -0.15) is 0 Å². The molecular weight excluding hydrogens is 156 g/mol. The first-order valence-electron chi connectivity index (χ1n) is 4.29. The summed E-state index contributed by atoms with van der Waals surface area (Å²) in [4.78, 5) is 12.6. The molecule has 70 valence electrons. The fourth-order valence-electron chi connectivity index (χ4n) is 1.50. The molecule has 0 aromatic heterocycles. The molecule has 1 atom stereocenters. The van der Waals surface area contributed by atoms with Crippen LogP contribution in [0.3, 0.4) is 0 Å². The number of ether oxygens (including phenoxy) is 1. The lowest BCUT2D eigenvalue weighted by Crippen LogP contribution is -2.53. The number of nitrogens with zero attached hydrogens (tertiary/aromatic N) is 1. The number of carbonyl (C=O) groups is 1. The molecule has 4 nitrogen and oxygen atoms in total. The maximum absolute atomic E-state index is 10.3. The first-order chi connectivity index (χ1) is 5.61. The van der Waals surface area contributed by atoms with Gasteiger partial charge in [-0.3, -0.25) is 4.90 Å². The second-order valence-electron chi connectivity index (χ2n) is 3.40. The topological polar surface area (TPSA) is 55.6 Å². The van der Waals surface area contributed by atoms with Crippen molar-refractivity contribution in [2.75, 3.05) is 13.2 Å². The van der Waals surface area contributed by atoms with Crippen LogP contribution in [0.25, 0.3) is 0 Å². The summed E-state index contributed by atoms with van der Waals surface area (Å²) in [5.41, 5.74) is 4.86. The minimum absolute atomic E-state index is 0.387. The van der Waals surface area contributed by atoms with E-state index in [0.717, 1.165) is 13.0 Å². The summed E-state index contributed by atoms with van der Waals surface area (Å²) in [6, 6.07) is 0.915. The van der Waals surface area contributed by atoms with Gasteiger partial charge in [0.1, 0.15) is 6.61 Å². The highest BCUT2D eigenvalue weighted by Crippen LogP contribution is 2.20. The average molecular weight is 172 g/mol. The standard InChI is InChI=1S/C8H16N2O2/c1-6(2)10-4-3-7(10)5-12-8(9)11/h6-7H,3-5H2,1-2H3,(H2,9,11). The molecule has 12 heavy (non-hydrogen) atoms. The molecule has 2 N–H and O–H groups in total. The molecule has 1 saturated heterocycles. The highest BCUT2D eigenvalue weighted by Gasteiger charge is 2.30. The third-order valence-corrected chi connectivity index (χ3v) is 2.27. The monoisotopic (exact) mass is 172 g/mol. The molecule has 0 bridgehead atoms. The number of hydrogen-bond donors (Lipinski definition) is 1. The van der Waals surface area contributed by atoms with Gasteiger partial charge in [0.05, 0.1) is 0 Å². The molecular formula is C8H16N2O2.